The first-order valence-electron chi connectivity index (χ1n) is 8.35. The second kappa shape index (κ2) is 8.71. The average molecular weight is 481 g/mol. The number of halogens is 3. The van der Waals surface area contributed by atoms with Gasteiger partial charge in [0.05, 0.1) is 16.3 Å². The normalized spacial score (nSPS) is 11.1. The molecule has 0 aromatic heterocycles. The molecule has 1 N–H and O–H groups in total. The zero-order valence-electron chi connectivity index (χ0n) is 14.8. The Morgan fingerprint density at radius 1 is 0.966 bits per heavy atom. The van der Waals surface area contributed by atoms with Crippen LogP contribution >= 0.6 is 15.9 Å². The van der Waals surface area contributed by atoms with Crippen molar-refractivity contribution in [2.45, 2.75) is 4.90 Å². The van der Waals surface area contributed by atoms with E-state index in [9.17, 15) is 22.0 Å². The van der Waals surface area contributed by atoms with E-state index in [0.717, 1.165) is 16.4 Å². The molecule has 0 bridgehead atoms. The van der Waals surface area contributed by atoms with Crippen LogP contribution < -0.4 is 9.62 Å². The number of benzene rings is 3. The van der Waals surface area contributed by atoms with Crippen LogP contribution in [0.2, 0.25) is 0 Å². The summed E-state index contributed by atoms with van der Waals surface area (Å²) in [5.74, 6) is -1.98. The second-order valence-corrected chi connectivity index (χ2v) is 8.75. The second-order valence-electron chi connectivity index (χ2n) is 5.97. The van der Waals surface area contributed by atoms with Crippen molar-refractivity contribution in [3.8, 4) is 0 Å². The van der Waals surface area contributed by atoms with E-state index < -0.39 is 34.1 Å². The number of hydrogen-bond acceptors (Lipinski definition) is 3. The summed E-state index contributed by atoms with van der Waals surface area (Å²) >= 11 is 3.12. The number of sulfonamides is 1. The quantitative estimate of drug-likeness (QED) is 0.562. The van der Waals surface area contributed by atoms with Crippen molar-refractivity contribution in [1.29, 1.82) is 0 Å². The number of carbonyl (C=O) groups excluding carboxylic acids is 1. The molecule has 9 heteroatoms. The summed E-state index contributed by atoms with van der Waals surface area (Å²) in [6.45, 7) is -0.627. The van der Waals surface area contributed by atoms with Gasteiger partial charge in [0.2, 0.25) is 5.91 Å². The van der Waals surface area contributed by atoms with Crippen LogP contribution in [0, 0.1) is 11.6 Å². The Kier molecular flexibility index (Phi) is 6.29. The van der Waals surface area contributed by atoms with Gasteiger partial charge in [0.25, 0.3) is 10.0 Å². The lowest BCUT2D eigenvalue weighted by Crippen LogP contribution is -2.38. The van der Waals surface area contributed by atoms with Crippen molar-refractivity contribution < 1.29 is 22.0 Å². The lowest BCUT2D eigenvalue weighted by atomic mass is 10.3. The highest BCUT2D eigenvalue weighted by atomic mass is 79.9. The van der Waals surface area contributed by atoms with Crippen LogP contribution in [0.25, 0.3) is 0 Å². The molecular formula is C20H15BrF2N2O3S. The van der Waals surface area contributed by atoms with Crippen molar-refractivity contribution in [1.82, 2.24) is 0 Å². The molecule has 1 amide bonds. The third kappa shape index (κ3) is 4.99. The van der Waals surface area contributed by atoms with Gasteiger partial charge in [0, 0.05) is 4.47 Å². The molecule has 0 spiro atoms. The zero-order valence-corrected chi connectivity index (χ0v) is 17.3. The first-order chi connectivity index (χ1) is 13.8. The van der Waals surface area contributed by atoms with E-state index in [1.165, 1.54) is 42.5 Å². The largest absolute Gasteiger partial charge is 0.322 e. The number of rotatable bonds is 6. The fraction of sp³-hybridized carbons (Fsp3) is 0.0500. The molecule has 3 rings (SSSR count). The summed E-state index contributed by atoms with van der Waals surface area (Å²) in [5.41, 5.74) is 0.0102. The smallest absolute Gasteiger partial charge is 0.264 e. The Morgan fingerprint density at radius 2 is 1.62 bits per heavy atom. The Labute approximate surface area is 175 Å². The Morgan fingerprint density at radius 3 is 2.24 bits per heavy atom. The number of anilines is 2. The molecule has 3 aromatic rings. The first kappa shape index (κ1) is 20.9. The maximum atomic E-state index is 14.0. The van der Waals surface area contributed by atoms with Gasteiger partial charge in [-0.15, -0.1) is 0 Å². The first-order valence-corrected chi connectivity index (χ1v) is 10.6. The van der Waals surface area contributed by atoms with Crippen molar-refractivity contribution in [2.24, 2.45) is 0 Å². The van der Waals surface area contributed by atoms with Gasteiger partial charge in [-0.25, -0.2) is 17.2 Å². The average Bonchev–Trinajstić information content (AvgIpc) is 2.70. The molecule has 0 atom stereocenters. The highest BCUT2D eigenvalue weighted by Crippen LogP contribution is 2.24. The molecule has 3 aromatic carbocycles. The summed E-state index contributed by atoms with van der Waals surface area (Å²) < 4.78 is 54.8. The van der Waals surface area contributed by atoms with Crippen molar-refractivity contribution in [3.05, 3.63) is 88.9 Å². The Hall–Kier alpha value is -2.78. The third-order valence-electron chi connectivity index (χ3n) is 3.94. The van der Waals surface area contributed by atoms with Gasteiger partial charge in [0.15, 0.2) is 0 Å². The van der Waals surface area contributed by atoms with Gasteiger partial charge in [-0.05, 0) is 54.6 Å². The van der Waals surface area contributed by atoms with Crippen molar-refractivity contribution in [2.75, 3.05) is 16.2 Å². The third-order valence-corrected chi connectivity index (χ3v) is 6.22. The SMILES string of the molecule is O=C(CN(c1ccc(F)cc1)S(=O)(=O)c1ccccc1)Nc1ccc(Br)cc1F. The molecule has 5 nitrogen and oxygen atoms in total. The maximum Gasteiger partial charge on any atom is 0.264 e. The number of hydrogen-bond donors (Lipinski definition) is 1. The molecule has 0 radical (unpaired) electrons. The standard InChI is InChI=1S/C20H15BrF2N2O3S/c21-14-6-11-19(18(23)12-14)24-20(26)13-25(16-9-7-15(22)8-10-16)29(27,28)17-4-2-1-3-5-17/h1-12H,13H2,(H,24,26). The molecule has 0 aliphatic heterocycles. The number of nitrogens with zero attached hydrogens (tertiary/aromatic N) is 1. The molecule has 0 saturated heterocycles. The van der Waals surface area contributed by atoms with Crippen LogP contribution in [0.15, 0.2) is 82.2 Å². The van der Waals surface area contributed by atoms with E-state index >= 15 is 0 Å². The Balaban J connectivity index is 1.93. The fourth-order valence-electron chi connectivity index (χ4n) is 2.55. The molecule has 0 saturated carbocycles. The minimum Gasteiger partial charge on any atom is -0.322 e. The van der Waals surface area contributed by atoms with Gasteiger partial charge >= 0.3 is 0 Å². The van der Waals surface area contributed by atoms with Crippen LogP contribution in [-0.4, -0.2) is 20.9 Å². The van der Waals surface area contributed by atoms with Crippen molar-refractivity contribution in [3.63, 3.8) is 0 Å². The van der Waals surface area contributed by atoms with Crippen LogP contribution in [0.4, 0.5) is 20.2 Å². The maximum absolute atomic E-state index is 14.0. The van der Waals surface area contributed by atoms with Gasteiger partial charge in [-0.1, -0.05) is 34.1 Å². The molecular weight excluding hydrogens is 466 g/mol. The Bertz CT molecular complexity index is 1120. The highest BCUT2D eigenvalue weighted by molar-refractivity contribution is 9.10. The van der Waals surface area contributed by atoms with Gasteiger partial charge < -0.3 is 5.32 Å². The van der Waals surface area contributed by atoms with E-state index in [1.54, 1.807) is 18.2 Å². The molecule has 29 heavy (non-hydrogen) atoms. The van der Waals surface area contributed by atoms with E-state index in [-0.39, 0.29) is 16.3 Å². The fourth-order valence-corrected chi connectivity index (χ4v) is 4.33. The molecule has 0 unspecified atom stereocenters. The molecule has 150 valence electrons. The van der Waals surface area contributed by atoms with E-state index in [0.29, 0.717) is 4.47 Å². The van der Waals surface area contributed by atoms with E-state index in [1.807, 2.05) is 0 Å². The summed E-state index contributed by atoms with van der Waals surface area (Å²) in [7, 11) is -4.12. The van der Waals surface area contributed by atoms with E-state index in [2.05, 4.69) is 21.2 Å². The predicted octanol–water partition coefficient (Wildman–Crippen LogP) is 4.56. The topological polar surface area (TPSA) is 66.5 Å². The minimum atomic E-state index is -4.12. The number of carbonyl (C=O) groups is 1. The van der Waals surface area contributed by atoms with Crippen LogP contribution in [0.3, 0.4) is 0 Å². The predicted molar refractivity (Wildman–Crippen MR) is 110 cm³/mol. The summed E-state index contributed by atoms with van der Waals surface area (Å²) in [5, 5.41) is 2.36. The monoisotopic (exact) mass is 480 g/mol. The zero-order chi connectivity index (χ0) is 21.0. The lowest BCUT2D eigenvalue weighted by molar-refractivity contribution is -0.114. The highest BCUT2D eigenvalue weighted by Gasteiger charge is 2.27. The number of nitrogens with one attached hydrogen (secondary N) is 1. The van der Waals surface area contributed by atoms with Crippen molar-refractivity contribution >= 4 is 43.2 Å². The van der Waals surface area contributed by atoms with Gasteiger partial charge in [-0.3, -0.25) is 9.10 Å². The van der Waals surface area contributed by atoms with Crippen LogP contribution in [-0.2, 0) is 14.8 Å². The summed E-state index contributed by atoms with van der Waals surface area (Å²) in [6, 6.07) is 16.3. The molecule has 0 aliphatic rings. The van der Waals surface area contributed by atoms with Gasteiger partial charge in [0.1, 0.15) is 18.2 Å². The number of amides is 1. The molecule has 0 heterocycles. The van der Waals surface area contributed by atoms with Gasteiger partial charge in [-0.2, -0.15) is 0 Å². The minimum absolute atomic E-state index is 0.0352. The molecule has 0 fully saturated rings. The van der Waals surface area contributed by atoms with E-state index in [4.69, 9.17) is 0 Å². The molecule has 0 aliphatic carbocycles. The summed E-state index contributed by atoms with van der Waals surface area (Å²) in [4.78, 5) is 12.5. The lowest BCUT2D eigenvalue weighted by Gasteiger charge is -2.24. The van der Waals surface area contributed by atoms with Crippen LogP contribution in [0.1, 0.15) is 0 Å². The van der Waals surface area contributed by atoms with Crippen LogP contribution in [0.5, 0.6) is 0 Å². The summed E-state index contributed by atoms with van der Waals surface area (Å²) in [6.07, 6.45) is 0.